The van der Waals surface area contributed by atoms with Gasteiger partial charge in [0.2, 0.25) is 0 Å². The molecule has 21 heavy (non-hydrogen) atoms. The fraction of sp³-hybridized carbons (Fsp3) is 0.625. The summed E-state index contributed by atoms with van der Waals surface area (Å²) in [6.45, 7) is 5.93. The molecule has 1 aromatic rings. The van der Waals surface area contributed by atoms with E-state index in [4.69, 9.17) is 5.73 Å². The second kappa shape index (κ2) is 7.69. The molecule has 120 valence electrons. The van der Waals surface area contributed by atoms with Crippen LogP contribution in [0, 0.1) is 0 Å². The first-order valence-corrected chi connectivity index (χ1v) is 7.44. The number of nitrogen functional groups attached to an aromatic ring is 1. The van der Waals surface area contributed by atoms with Crippen molar-refractivity contribution in [2.24, 2.45) is 0 Å². The minimum atomic E-state index is -4.33. The molecule has 1 aliphatic rings. The van der Waals surface area contributed by atoms with Gasteiger partial charge in [-0.25, -0.2) is 0 Å². The van der Waals surface area contributed by atoms with Crippen molar-refractivity contribution >= 4 is 5.69 Å². The van der Waals surface area contributed by atoms with E-state index < -0.39 is 11.7 Å². The molecule has 0 aliphatic carbocycles. The summed E-state index contributed by atoms with van der Waals surface area (Å²) in [5.74, 6) is -0.0153. The van der Waals surface area contributed by atoms with E-state index in [2.05, 4.69) is 18.7 Å². The maximum absolute atomic E-state index is 13.0. The van der Waals surface area contributed by atoms with Gasteiger partial charge in [-0.15, -0.1) is 0 Å². The first-order valence-electron chi connectivity index (χ1n) is 7.44. The highest BCUT2D eigenvalue weighted by Crippen LogP contribution is 2.39. The fourth-order valence-corrected chi connectivity index (χ4v) is 2.49. The Morgan fingerprint density at radius 1 is 1.19 bits per heavy atom. The molecule has 5 heteroatoms. The third-order valence-electron chi connectivity index (χ3n) is 3.54. The van der Waals surface area contributed by atoms with Crippen LogP contribution in [0.2, 0.25) is 0 Å². The lowest BCUT2D eigenvalue weighted by Gasteiger charge is -2.30. The zero-order valence-corrected chi connectivity index (χ0v) is 13.0. The third kappa shape index (κ3) is 5.23. The predicted octanol–water partition coefficient (Wildman–Crippen LogP) is 4.51. The first kappa shape index (κ1) is 17.8. The molecule has 0 saturated carbocycles. The van der Waals surface area contributed by atoms with E-state index in [0.29, 0.717) is 5.56 Å². The largest absolute Gasteiger partial charge is 0.416 e. The van der Waals surface area contributed by atoms with Crippen molar-refractivity contribution in [2.45, 2.75) is 45.2 Å². The van der Waals surface area contributed by atoms with Crippen LogP contribution in [-0.2, 0) is 6.18 Å². The molecule has 0 spiro atoms. The van der Waals surface area contributed by atoms with E-state index in [1.807, 2.05) is 7.05 Å². The van der Waals surface area contributed by atoms with Crippen LogP contribution in [-0.4, -0.2) is 25.0 Å². The number of hydrogen-bond acceptors (Lipinski definition) is 2. The Hall–Kier alpha value is -1.23. The minimum absolute atomic E-state index is 0.0153. The number of nitrogens with zero attached hydrogens (tertiary/aromatic N) is 1. The summed E-state index contributed by atoms with van der Waals surface area (Å²) in [7, 11) is 1.99. The summed E-state index contributed by atoms with van der Waals surface area (Å²) in [6, 6.07) is 4.14. The van der Waals surface area contributed by atoms with Gasteiger partial charge in [0.25, 0.3) is 0 Å². The van der Waals surface area contributed by atoms with Gasteiger partial charge in [0.1, 0.15) is 0 Å². The van der Waals surface area contributed by atoms with Crippen molar-refractivity contribution in [1.29, 1.82) is 0 Å². The van der Waals surface area contributed by atoms with Crippen LogP contribution in [0.3, 0.4) is 0 Å². The summed E-state index contributed by atoms with van der Waals surface area (Å²) in [6.07, 6.45) is -1.54. The molecular formula is C16H25F3N2. The van der Waals surface area contributed by atoms with Gasteiger partial charge >= 0.3 is 6.18 Å². The maximum Gasteiger partial charge on any atom is 0.416 e. The van der Waals surface area contributed by atoms with Crippen molar-refractivity contribution in [2.75, 3.05) is 25.9 Å². The highest BCUT2D eigenvalue weighted by molar-refractivity contribution is 5.47. The molecule has 0 unspecified atom stereocenters. The third-order valence-corrected chi connectivity index (χ3v) is 3.54. The Morgan fingerprint density at radius 2 is 1.71 bits per heavy atom. The molecule has 1 aromatic carbocycles. The van der Waals surface area contributed by atoms with Crippen molar-refractivity contribution in [1.82, 2.24) is 4.90 Å². The monoisotopic (exact) mass is 302 g/mol. The molecule has 2 rings (SSSR count). The van der Waals surface area contributed by atoms with Crippen LogP contribution >= 0.6 is 0 Å². The summed E-state index contributed by atoms with van der Waals surface area (Å²) in [5.41, 5.74) is 5.45. The number of halogens is 3. The van der Waals surface area contributed by atoms with Gasteiger partial charge in [-0.3, -0.25) is 0 Å². The van der Waals surface area contributed by atoms with E-state index in [0.717, 1.165) is 32.0 Å². The van der Waals surface area contributed by atoms with E-state index in [1.165, 1.54) is 12.5 Å². The van der Waals surface area contributed by atoms with Crippen molar-refractivity contribution in [3.8, 4) is 0 Å². The first-order chi connectivity index (χ1) is 9.79. The highest BCUT2D eigenvalue weighted by atomic mass is 19.4. The van der Waals surface area contributed by atoms with Crippen LogP contribution in [0.1, 0.15) is 50.2 Å². The van der Waals surface area contributed by atoms with E-state index in [9.17, 15) is 13.2 Å². The van der Waals surface area contributed by atoms with Crippen LogP contribution in [0.25, 0.3) is 0 Å². The van der Waals surface area contributed by atoms with Crippen molar-refractivity contribution < 1.29 is 13.2 Å². The number of benzene rings is 1. The second-order valence-electron chi connectivity index (χ2n) is 5.63. The van der Waals surface area contributed by atoms with Crippen molar-refractivity contribution in [3.05, 3.63) is 29.3 Å². The number of nitrogens with two attached hydrogens (primary N) is 1. The smallest absolute Gasteiger partial charge is 0.399 e. The number of piperidine rings is 1. The van der Waals surface area contributed by atoms with Crippen molar-refractivity contribution in [3.63, 3.8) is 0 Å². The second-order valence-corrected chi connectivity index (χ2v) is 5.63. The number of hydrogen-bond donors (Lipinski definition) is 1. The number of likely N-dealkylation sites (tertiary alicyclic amines) is 1. The van der Waals surface area contributed by atoms with Crippen LogP contribution in [0.15, 0.2) is 18.2 Å². The zero-order valence-electron chi connectivity index (χ0n) is 13.0. The molecular weight excluding hydrogens is 277 g/mol. The molecule has 0 bridgehead atoms. The molecule has 2 N–H and O–H groups in total. The lowest BCUT2D eigenvalue weighted by Crippen LogP contribution is -2.30. The maximum atomic E-state index is 13.0. The Kier molecular flexibility index (Phi) is 6.52. The van der Waals surface area contributed by atoms with Gasteiger partial charge in [0, 0.05) is 5.69 Å². The summed E-state index contributed by atoms with van der Waals surface area (Å²) in [4.78, 5) is 2.14. The Bertz CT molecular complexity index is 436. The normalized spacial score (nSPS) is 17.2. The van der Waals surface area contributed by atoms with Gasteiger partial charge in [0.15, 0.2) is 0 Å². The topological polar surface area (TPSA) is 29.3 Å². The molecule has 0 aromatic heterocycles. The fourth-order valence-electron chi connectivity index (χ4n) is 2.49. The summed E-state index contributed by atoms with van der Waals surface area (Å²) in [5, 5.41) is 0. The summed E-state index contributed by atoms with van der Waals surface area (Å²) >= 11 is 0. The van der Waals surface area contributed by atoms with E-state index >= 15 is 0 Å². The van der Waals surface area contributed by atoms with Gasteiger partial charge in [-0.1, -0.05) is 26.3 Å². The van der Waals surface area contributed by atoms with Gasteiger partial charge in [-0.2, -0.15) is 13.2 Å². The molecule has 1 saturated heterocycles. The molecule has 0 amide bonds. The van der Waals surface area contributed by atoms with Crippen LogP contribution in [0.5, 0.6) is 0 Å². The zero-order chi connectivity index (χ0) is 16.0. The lowest BCUT2D eigenvalue weighted by atomic mass is 9.86. The molecule has 2 nitrogen and oxygen atoms in total. The van der Waals surface area contributed by atoms with Gasteiger partial charge < -0.3 is 10.6 Å². The Labute approximate surface area is 125 Å². The van der Waals surface area contributed by atoms with Gasteiger partial charge in [0.05, 0.1) is 5.56 Å². The SMILES string of the molecule is CCC.CN1CCC(c2ccc(N)cc2C(F)(F)F)CC1. The standard InChI is InChI=1S/C13H17F3N2.C3H8/c1-18-6-4-9(5-7-18)11-3-2-10(17)8-12(11)13(14,15)16;1-3-2/h2-3,8-9H,4-7,17H2,1H3;3H2,1-2H3. The number of anilines is 1. The van der Waals surface area contributed by atoms with E-state index in [-0.39, 0.29) is 11.6 Å². The quantitative estimate of drug-likeness (QED) is 0.773. The van der Waals surface area contributed by atoms with Gasteiger partial charge in [-0.05, 0) is 56.6 Å². The Morgan fingerprint density at radius 3 is 2.19 bits per heavy atom. The number of alkyl halides is 3. The molecule has 1 heterocycles. The van der Waals surface area contributed by atoms with Crippen LogP contribution in [0.4, 0.5) is 18.9 Å². The average molecular weight is 302 g/mol. The summed E-state index contributed by atoms with van der Waals surface area (Å²) < 4.78 is 39.0. The lowest BCUT2D eigenvalue weighted by molar-refractivity contribution is -0.138. The van der Waals surface area contributed by atoms with Crippen LogP contribution < -0.4 is 5.73 Å². The van der Waals surface area contributed by atoms with E-state index in [1.54, 1.807) is 6.07 Å². The molecule has 0 radical (unpaired) electrons. The minimum Gasteiger partial charge on any atom is -0.399 e. The average Bonchev–Trinajstić information content (AvgIpc) is 2.40. The Balaban J connectivity index is 0.000000677. The molecule has 0 atom stereocenters. The molecule has 1 fully saturated rings. The number of rotatable bonds is 1. The highest BCUT2D eigenvalue weighted by Gasteiger charge is 2.35. The predicted molar refractivity (Wildman–Crippen MR) is 81.3 cm³/mol. The molecule has 1 aliphatic heterocycles.